The molecule has 0 aliphatic carbocycles. The first-order chi connectivity index (χ1) is 8.24. The second-order valence-electron chi connectivity index (χ2n) is 4.65. The summed E-state index contributed by atoms with van der Waals surface area (Å²) in [6.07, 6.45) is 1.48. The van der Waals surface area contributed by atoms with E-state index in [1.54, 1.807) is 0 Å². The Balaban J connectivity index is 2.08. The summed E-state index contributed by atoms with van der Waals surface area (Å²) >= 11 is 0. The van der Waals surface area contributed by atoms with Crippen molar-refractivity contribution in [1.82, 2.24) is 4.90 Å². The number of rotatable bonds is 4. The largest absolute Gasteiger partial charge is 0.396 e. The number of aliphatic hydroxyl groups is 1. The molecule has 3 heteroatoms. The highest BCUT2D eigenvalue weighted by Crippen LogP contribution is 2.21. The molecular formula is C14H19NO2. The average molecular weight is 233 g/mol. The molecule has 92 valence electrons. The second-order valence-corrected chi connectivity index (χ2v) is 4.65. The molecule has 1 aliphatic rings. The van der Waals surface area contributed by atoms with Crippen LogP contribution in [0.25, 0.3) is 0 Å². The molecule has 1 aromatic carbocycles. The smallest absolute Gasteiger partial charge is 0.223 e. The molecule has 1 N–H and O–H groups in total. The zero-order valence-corrected chi connectivity index (χ0v) is 10.2. The van der Waals surface area contributed by atoms with Crippen LogP contribution in [0.15, 0.2) is 24.3 Å². The van der Waals surface area contributed by atoms with E-state index in [1.165, 1.54) is 11.1 Å². The van der Waals surface area contributed by atoms with Crippen molar-refractivity contribution in [3.8, 4) is 0 Å². The van der Waals surface area contributed by atoms with Gasteiger partial charge in [0.15, 0.2) is 0 Å². The monoisotopic (exact) mass is 233 g/mol. The quantitative estimate of drug-likeness (QED) is 0.858. The first-order valence-corrected chi connectivity index (χ1v) is 6.20. The SMILES string of the molecule is CCc1ccccc1CN1CC(CO)CC1=O. The molecule has 1 unspecified atom stereocenters. The molecule has 0 saturated carbocycles. The third-order valence-corrected chi connectivity index (χ3v) is 3.41. The zero-order valence-electron chi connectivity index (χ0n) is 10.2. The number of hydrogen-bond donors (Lipinski definition) is 1. The number of benzene rings is 1. The van der Waals surface area contributed by atoms with E-state index >= 15 is 0 Å². The summed E-state index contributed by atoms with van der Waals surface area (Å²) in [6.45, 7) is 3.60. The highest BCUT2D eigenvalue weighted by atomic mass is 16.3. The van der Waals surface area contributed by atoms with Crippen LogP contribution in [0.1, 0.15) is 24.5 Å². The minimum absolute atomic E-state index is 0.109. The second kappa shape index (κ2) is 5.32. The van der Waals surface area contributed by atoms with Gasteiger partial charge in [-0.05, 0) is 17.5 Å². The fourth-order valence-corrected chi connectivity index (χ4v) is 2.39. The summed E-state index contributed by atoms with van der Waals surface area (Å²) < 4.78 is 0. The van der Waals surface area contributed by atoms with Crippen LogP contribution in [0.5, 0.6) is 0 Å². The molecule has 0 bridgehead atoms. The van der Waals surface area contributed by atoms with Gasteiger partial charge in [-0.1, -0.05) is 31.2 Å². The predicted octanol–water partition coefficient (Wildman–Crippen LogP) is 1.59. The van der Waals surface area contributed by atoms with Crippen molar-refractivity contribution in [2.24, 2.45) is 5.92 Å². The van der Waals surface area contributed by atoms with Gasteiger partial charge in [-0.3, -0.25) is 4.79 Å². The summed E-state index contributed by atoms with van der Waals surface area (Å²) in [5.74, 6) is 0.284. The molecule has 1 atom stereocenters. The fourth-order valence-electron chi connectivity index (χ4n) is 2.39. The molecule has 1 amide bonds. The van der Waals surface area contributed by atoms with E-state index in [4.69, 9.17) is 5.11 Å². The van der Waals surface area contributed by atoms with Crippen LogP contribution < -0.4 is 0 Å². The number of aliphatic hydroxyl groups excluding tert-OH is 1. The van der Waals surface area contributed by atoms with Gasteiger partial charge in [0.1, 0.15) is 0 Å². The van der Waals surface area contributed by atoms with Crippen LogP contribution in [0.4, 0.5) is 0 Å². The molecule has 0 radical (unpaired) electrons. The molecule has 1 heterocycles. The van der Waals surface area contributed by atoms with E-state index in [2.05, 4.69) is 19.1 Å². The number of carbonyl (C=O) groups is 1. The van der Waals surface area contributed by atoms with Gasteiger partial charge in [0, 0.05) is 32.0 Å². The van der Waals surface area contributed by atoms with Crippen LogP contribution in [0, 0.1) is 5.92 Å². The summed E-state index contributed by atoms with van der Waals surface area (Å²) in [5.41, 5.74) is 2.52. The molecule has 2 rings (SSSR count). The van der Waals surface area contributed by atoms with Crippen LogP contribution in [-0.2, 0) is 17.8 Å². The molecule has 0 aromatic heterocycles. The van der Waals surface area contributed by atoms with Crippen molar-refractivity contribution in [2.45, 2.75) is 26.3 Å². The number of likely N-dealkylation sites (tertiary alicyclic amines) is 1. The summed E-state index contributed by atoms with van der Waals surface area (Å²) in [7, 11) is 0. The standard InChI is InChI=1S/C14H19NO2/c1-2-12-5-3-4-6-13(12)9-15-8-11(10-16)7-14(15)17/h3-6,11,16H,2,7-10H2,1H3. The van der Waals surface area contributed by atoms with E-state index < -0.39 is 0 Å². The van der Waals surface area contributed by atoms with Gasteiger partial charge < -0.3 is 10.0 Å². The molecule has 0 spiro atoms. The van der Waals surface area contributed by atoms with Crippen molar-refractivity contribution < 1.29 is 9.90 Å². The number of amides is 1. The summed E-state index contributed by atoms with van der Waals surface area (Å²) in [4.78, 5) is 13.6. The van der Waals surface area contributed by atoms with Crippen molar-refractivity contribution in [3.63, 3.8) is 0 Å². The van der Waals surface area contributed by atoms with E-state index in [0.717, 1.165) is 6.42 Å². The number of hydrogen-bond acceptors (Lipinski definition) is 2. The van der Waals surface area contributed by atoms with Crippen LogP contribution in [0.2, 0.25) is 0 Å². The fraction of sp³-hybridized carbons (Fsp3) is 0.500. The maximum absolute atomic E-state index is 11.8. The van der Waals surface area contributed by atoms with Gasteiger partial charge >= 0.3 is 0 Å². The molecule has 3 nitrogen and oxygen atoms in total. The molecule has 1 aromatic rings. The number of nitrogens with zero attached hydrogens (tertiary/aromatic N) is 1. The Labute approximate surface area is 102 Å². The van der Waals surface area contributed by atoms with E-state index in [9.17, 15) is 4.79 Å². The van der Waals surface area contributed by atoms with Gasteiger partial charge in [0.25, 0.3) is 0 Å². The number of aryl methyl sites for hydroxylation is 1. The molecular weight excluding hydrogens is 214 g/mol. The normalized spacial score (nSPS) is 20.0. The molecule has 1 saturated heterocycles. The number of carbonyl (C=O) groups excluding carboxylic acids is 1. The maximum atomic E-state index is 11.8. The lowest BCUT2D eigenvalue weighted by molar-refractivity contribution is -0.128. The van der Waals surface area contributed by atoms with Crippen molar-refractivity contribution in [1.29, 1.82) is 0 Å². The molecule has 17 heavy (non-hydrogen) atoms. The minimum Gasteiger partial charge on any atom is -0.396 e. The van der Waals surface area contributed by atoms with Gasteiger partial charge in [-0.25, -0.2) is 0 Å². The van der Waals surface area contributed by atoms with Crippen molar-refractivity contribution >= 4 is 5.91 Å². The van der Waals surface area contributed by atoms with E-state index in [0.29, 0.717) is 19.5 Å². The van der Waals surface area contributed by atoms with Gasteiger partial charge in [-0.2, -0.15) is 0 Å². The Morgan fingerprint density at radius 1 is 1.35 bits per heavy atom. The lowest BCUT2D eigenvalue weighted by Gasteiger charge is -2.18. The van der Waals surface area contributed by atoms with Crippen LogP contribution in [-0.4, -0.2) is 29.1 Å². The highest BCUT2D eigenvalue weighted by molar-refractivity contribution is 5.78. The van der Waals surface area contributed by atoms with E-state index in [-0.39, 0.29) is 18.4 Å². The molecule has 1 aliphatic heterocycles. The maximum Gasteiger partial charge on any atom is 0.223 e. The first-order valence-electron chi connectivity index (χ1n) is 6.20. The van der Waals surface area contributed by atoms with E-state index in [1.807, 2.05) is 17.0 Å². The van der Waals surface area contributed by atoms with Crippen LogP contribution >= 0.6 is 0 Å². The Morgan fingerprint density at radius 3 is 2.65 bits per heavy atom. The summed E-state index contributed by atoms with van der Waals surface area (Å²) in [5, 5.41) is 9.09. The van der Waals surface area contributed by atoms with Crippen molar-refractivity contribution in [2.75, 3.05) is 13.2 Å². The van der Waals surface area contributed by atoms with Gasteiger partial charge in [0.2, 0.25) is 5.91 Å². The molecule has 1 fully saturated rings. The highest BCUT2D eigenvalue weighted by Gasteiger charge is 2.28. The third-order valence-electron chi connectivity index (χ3n) is 3.41. The lowest BCUT2D eigenvalue weighted by atomic mass is 10.1. The van der Waals surface area contributed by atoms with Crippen molar-refractivity contribution in [3.05, 3.63) is 35.4 Å². The summed E-state index contributed by atoms with van der Waals surface area (Å²) in [6, 6.07) is 8.24. The van der Waals surface area contributed by atoms with Gasteiger partial charge in [0.05, 0.1) is 0 Å². The lowest BCUT2D eigenvalue weighted by Crippen LogP contribution is -2.25. The van der Waals surface area contributed by atoms with Gasteiger partial charge in [-0.15, -0.1) is 0 Å². The average Bonchev–Trinajstić information content (AvgIpc) is 2.71. The Kier molecular flexibility index (Phi) is 3.79. The Hall–Kier alpha value is -1.35. The first kappa shape index (κ1) is 12.1. The topological polar surface area (TPSA) is 40.5 Å². The predicted molar refractivity (Wildman–Crippen MR) is 66.4 cm³/mol. The minimum atomic E-state index is 0.109. The zero-order chi connectivity index (χ0) is 12.3. The third kappa shape index (κ3) is 2.67. The Bertz CT molecular complexity index is 403. The van der Waals surface area contributed by atoms with Crippen LogP contribution in [0.3, 0.4) is 0 Å². The Morgan fingerprint density at radius 2 is 2.06 bits per heavy atom.